The zero-order valence-corrected chi connectivity index (χ0v) is 19.2. The average Bonchev–Trinajstić information content (AvgIpc) is 3.38. The van der Waals surface area contributed by atoms with Crippen molar-refractivity contribution in [3.8, 4) is 0 Å². The van der Waals surface area contributed by atoms with E-state index in [4.69, 9.17) is 9.15 Å². The molecule has 164 valence electrons. The van der Waals surface area contributed by atoms with Gasteiger partial charge in [-0.25, -0.2) is 0 Å². The molecule has 1 unspecified atom stereocenters. The molecule has 3 aromatic rings. The summed E-state index contributed by atoms with van der Waals surface area (Å²) in [4.78, 5) is 17.6. The van der Waals surface area contributed by atoms with Gasteiger partial charge in [0.05, 0.1) is 6.10 Å². The second-order valence-corrected chi connectivity index (χ2v) is 8.82. The first kappa shape index (κ1) is 21.4. The fourth-order valence-electron chi connectivity index (χ4n) is 4.24. The van der Waals surface area contributed by atoms with Crippen LogP contribution in [0.25, 0.3) is 11.0 Å². The summed E-state index contributed by atoms with van der Waals surface area (Å²) in [6.07, 6.45) is 2.12. The van der Waals surface area contributed by atoms with Gasteiger partial charge in [-0.05, 0) is 62.4 Å². The van der Waals surface area contributed by atoms with E-state index in [-0.39, 0.29) is 12.0 Å². The van der Waals surface area contributed by atoms with Crippen LogP contribution in [0.1, 0.15) is 45.7 Å². The number of rotatable bonds is 6. The second-order valence-electron chi connectivity index (χ2n) is 8.82. The lowest BCUT2D eigenvalue weighted by atomic mass is 10.0. The highest BCUT2D eigenvalue weighted by atomic mass is 16.5. The van der Waals surface area contributed by atoms with E-state index in [2.05, 4.69) is 48.2 Å². The predicted molar refractivity (Wildman–Crippen MR) is 125 cm³/mol. The van der Waals surface area contributed by atoms with Gasteiger partial charge in [0, 0.05) is 50.4 Å². The first-order chi connectivity index (χ1) is 14.8. The van der Waals surface area contributed by atoms with Crippen LogP contribution in [0.2, 0.25) is 0 Å². The molecule has 4 rings (SSSR count). The number of ether oxygens (including phenoxy) is 1. The van der Waals surface area contributed by atoms with Gasteiger partial charge < -0.3 is 19.0 Å². The molecule has 1 atom stereocenters. The smallest absolute Gasteiger partial charge is 0.290 e. The van der Waals surface area contributed by atoms with Crippen molar-refractivity contribution in [2.24, 2.45) is 0 Å². The quantitative estimate of drug-likeness (QED) is 0.547. The number of benzene rings is 2. The van der Waals surface area contributed by atoms with Gasteiger partial charge >= 0.3 is 0 Å². The first-order valence-corrected chi connectivity index (χ1v) is 11.0. The number of carbonyl (C=O) groups is 1. The number of fused-ring (bicyclic) bond motifs is 1. The zero-order chi connectivity index (χ0) is 22.1. The van der Waals surface area contributed by atoms with Crippen LogP contribution in [0.3, 0.4) is 0 Å². The Morgan fingerprint density at radius 1 is 1.03 bits per heavy atom. The van der Waals surface area contributed by atoms with E-state index >= 15 is 0 Å². The van der Waals surface area contributed by atoms with Crippen LogP contribution in [-0.2, 0) is 11.3 Å². The maximum Gasteiger partial charge on any atom is 0.290 e. The number of hydrogen-bond donors (Lipinski definition) is 0. The van der Waals surface area contributed by atoms with Crippen LogP contribution in [0.15, 0.2) is 40.8 Å². The minimum Gasteiger partial charge on any atom is -0.450 e. The normalized spacial score (nSPS) is 16.1. The molecule has 2 heterocycles. The third-order valence-electron chi connectivity index (χ3n) is 6.38. The minimum atomic E-state index is -0.0714. The summed E-state index contributed by atoms with van der Waals surface area (Å²) in [5, 5.41) is 1.01. The van der Waals surface area contributed by atoms with E-state index in [1.165, 1.54) is 0 Å². The van der Waals surface area contributed by atoms with E-state index in [9.17, 15) is 4.79 Å². The Morgan fingerprint density at radius 3 is 2.42 bits per heavy atom. The van der Waals surface area contributed by atoms with E-state index < -0.39 is 0 Å². The molecule has 1 aliphatic rings. The molecule has 31 heavy (non-hydrogen) atoms. The monoisotopic (exact) mass is 420 g/mol. The second kappa shape index (κ2) is 8.75. The van der Waals surface area contributed by atoms with E-state index in [1.807, 2.05) is 32.8 Å². The molecule has 1 aliphatic heterocycles. The van der Waals surface area contributed by atoms with Crippen molar-refractivity contribution in [3.63, 3.8) is 0 Å². The van der Waals surface area contributed by atoms with Gasteiger partial charge in [-0.3, -0.25) is 4.79 Å². The van der Waals surface area contributed by atoms with Gasteiger partial charge in [0.25, 0.3) is 5.91 Å². The Labute approximate surface area is 184 Å². The van der Waals surface area contributed by atoms with Crippen LogP contribution >= 0.6 is 0 Å². The standard InChI is InChI=1S/C26H32N2O3/c1-17-8-13-23-19(3)25(31-24(23)18(17)2)26(29)28(16-22-7-6-14-30-22)15-20-9-11-21(12-10-20)27(4)5/h8-13,22H,6-7,14-16H2,1-5H3. The van der Waals surface area contributed by atoms with Crippen molar-refractivity contribution in [1.82, 2.24) is 4.90 Å². The molecular weight excluding hydrogens is 388 g/mol. The number of furan rings is 1. The molecule has 0 aliphatic carbocycles. The molecule has 1 fully saturated rings. The van der Waals surface area contributed by atoms with Crippen molar-refractivity contribution in [2.75, 3.05) is 32.1 Å². The Kier molecular flexibility index (Phi) is 6.05. The summed E-state index contributed by atoms with van der Waals surface area (Å²) in [5.41, 5.74) is 6.20. The highest BCUT2D eigenvalue weighted by Gasteiger charge is 2.28. The highest BCUT2D eigenvalue weighted by Crippen LogP contribution is 2.31. The van der Waals surface area contributed by atoms with Gasteiger partial charge in [-0.2, -0.15) is 0 Å². The van der Waals surface area contributed by atoms with Crippen LogP contribution < -0.4 is 4.90 Å². The maximum atomic E-state index is 13.7. The maximum absolute atomic E-state index is 13.7. The van der Waals surface area contributed by atoms with Crippen molar-refractivity contribution >= 4 is 22.6 Å². The molecule has 0 bridgehead atoms. The largest absolute Gasteiger partial charge is 0.450 e. The van der Waals surface area contributed by atoms with Crippen molar-refractivity contribution in [1.29, 1.82) is 0 Å². The molecule has 0 N–H and O–H groups in total. The zero-order valence-electron chi connectivity index (χ0n) is 19.2. The molecular formula is C26H32N2O3. The van der Waals surface area contributed by atoms with Gasteiger partial charge in [-0.15, -0.1) is 0 Å². The fourth-order valence-corrected chi connectivity index (χ4v) is 4.24. The van der Waals surface area contributed by atoms with Crippen molar-refractivity contribution in [3.05, 3.63) is 64.4 Å². The Hall–Kier alpha value is -2.79. The molecule has 5 nitrogen and oxygen atoms in total. The Bertz CT molecular complexity index is 1080. The Balaban J connectivity index is 1.65. The number of hydrogen-bond acceptors (Lipinski definition) is 4. The molecule has 5 heteroatoms. The lowest BCUT2D eigenvalue weighted by Gasteiger charge is -2.25. The van der Waals surface area contributed by atoms with Gasteiger partial charge in [0.15, 0.2) is 5.76 Å². The first-order valence-electron chi connectivity index (χ1n) is 11.0. The third-order valence-corrected chi connectivity index (χ3v) is 6.38. The number of amides is 1. The minimum absolute atomic E-state index is 0.0714. The molecule has 1 aromatic heterocycles. The summed E-state index contributed by atoms with van der Waals surface area (Å²) in [5.74, 6) is 0.365. The third kappa shape index (κ3) is 4.33. The van der Waals surface area contributed by atoms with Crippen molar-refractivity contribution in [2.45, 2.75) is 46.3 Å². The molecule has 1 saturated heterocycles. The van der Waals surface area contributed by atoms with Gasteiger partial charge in [0.1, 0.15) is 5.58 Å². The molecule has 0 radical (unpaired) electrons. The van der Waals surface area contributed by atoms with Crippen LogP contribution in [0, 0.1) is 20.8 Å². The summed E-state index contributed by atoms with van der Waals surface area (Å²) >= 11 is 0. The lowest BCUT2D eigenvalue weighted by Crippen LogP contribution is -2.37. The lowest BCUT2D eigenvalue weighted by molar-refractivity contribution is 0.0485. The number of carbonyl (C=O) groups excluding carboxylic acids is 1. The summed E-state index contributed by atoms with van der Waals surface area (Å²) in [6.45, 7) is 7.96. The molecule has 1 amide bonds. The SMILES string of the molecule is Cc1ccc2c(C)c(C(=O)N(Cc3ccc(N(C)C)cc3)CC3CCCO3)oc2c1C. The van der Waals surface area contributed by atoms with E-state index in [0.29, 0.717) is 18.8 Å². The van der Waals surface area contributed by atoms with Crippen LogP contribution in [-0.4, -0.2) is 44.2 Å². The summed E-state index contributed by atoms with van der Waals surface area (Å²) < 4.78 is 12.0. The number of aryl methyl sites for hydroxylation is 3. The van der Waals surface area contributed by atoms with Gasteiger partial charge in [-0.1, -0.05) is 24.3 Å². The van der Waals surface area contributed by atoms with Crippen LogP contribution in [0.4, 0.5) is 5.69 Å². The van der Waals surface area contributed by atoms with E-state index in [1.54, 1.807) is 0 Å². The van der Waals surface area contributed by atoms with Crippen molar-refractivity contribution < 1.29 is 13.9 Å². The topological polar surface area (TPSA) is 45.9 Å². The fraction of sp³-hybridized carbons (Fsp3) is 0.423. The highest BCUT2D eigenvalue weighted by molar-refractivity contribution is 5.99. The Morgan fingerprint density at radius 2 is 1.77 bits per heavy atom. The van der Waals surface area contributed by atoms with E-state index in [0.717, 1.165) is 58.4 Å². The van der Waals surface area contributed by atoms with Gasteiger partial charge in [0.2, 0.25) is 0 Å². The molecule has 0 saturated carbocycles. The predicted octanol–water partition coefficient (Wildman–Crippen LogP) is 5.25. The number of anilines is 1. The molecule has 0 spiro atoms. The summed E-state index contributed by atoms with van der Waals surface area (Å²) in [6, 6.07) is 12.5. The molecule has 2 aromatic carbocycles. The average molecular weight is 421 g/mol. The van der Waals surface area contributed by atoms with Crippen LogP contribution in [0.5, 0.6) is 0 Å². The summed E-state index contributed by atoms with van der Waals surface area (Å²) in [7, 11) is 4.05. The number of nitrogens with zero attached hydrogens (tertiary/aromatic N) is 2.